The Morgan fingerprint density at radius 2 is 0.712 bits per heavy atom. The molecule has 0 atom stereocenters. The molecule has 0 spiro atoms. The Hall–Kier alpha value is -6.20. The van der Waals surface area contributed by atoms with Crippen LogP contribution in [0.25, 0.3) is 129 Å². The van der Waals surface area contributed by atoms with Gasteiger partial charge >= 0.3 is 0 Å². The third-order valence-corrected chi connectivity index (χ3v) is 13.5. The predicted molar refractivity (Wildman–Crippen MR) is 222 cm³/mol. The van der Waals surface area contributed by atoms with E-state index in [1.54, 1.807) is 0 Å². The van der Waals surface area contributed by atoms with Gasteiger partial charge in [0.1, 0.15) is 22.3 Å². The maximum absolute atomic E-state index is 6.64. The lowest BCUT2D eigenvalue weighted by Gasteiger charge is -2.25. The van der Waals surface area contributed by atoms with Crippen molar-refractivity contribution < 1.29 is 8.83 Å². The smallest absolute Gasteiger partial charge is 0.136 e. The highest BCUT2D eigenvalue weighted by Gasteiger charge is 2.29. The van der Waals surface area contributed by atoms with Gasteiger partial charge in [-0.3, -0.25) is 0 Å². The van der Waals surface area contributed by atoms with E-state index in [9.17, 15) is 0 Å². The number of fused-ring (bicyclic) bond motifs is 22. The summed E-state index contributed by atoms with van der Waals surface area (Å²) in [6.45, 7) is 0. The van der Waals surface area contributed by atoms with Gasteiger partial charge in [0.05, 0.1) is 0 Å². The highest BCUT2D eigenvalue weighted by atomic mass is 32.1. The van der Waals surface area contributed by atoms with E-state index in [1.165, 1.54) is 84.9 Å². The van der Waals surface area contributed by atoms with Crippen molar-refractivity contribution in [1.82, 2.24) is 0 Å². The second-order valence-corrected chi connectivity index (χ2v) is 16.1. The van der Waals surface area contributed by atoms with Crippen molar-refractivity contribution in [2.75, 3.05) is 0 Å². The molecule has 8 aromatic carbocycles. The molecule has 240 valence electrons. The molecule has 0 amide bonds. The van der Waals surface area contributed by atoms with Gasteiger partial charge < -0.3 is 8.83 Å². The molecule has 0 radical (unpaired) electrons. The molecular weight excluding hydrogens is 673 g/mol. The number of para-hydroxylation sites is 2. The number of furan rings is 2. The molecule has 4 heterocycles. The van der Waals surface area contributed by atoms with Crippen LogP contribution in [0, 0.1) is 0 Å². The lowest BCUT2D eigenvalue weighted by Crippen LogP contribution is -1.98. The van der Waals surface area contributed by atoms with Crippen LogP contribution in [0.3, 0.4) is 0 Å². The molecule has 1 aliphatic carbocycles. The minimum Gasteiger partial charge on any atom is -0.456 e. The molecule has 0 saturated heterocycles. The summed E-state index contributed by atoms with van der Waals surface area (Å²) in [5, 5.41) is 9.69. The van der Waals surface area contributed by atoms with E-state index in [0.29, 0.717) is 0 Å². The predicted octanol–water partition coefficient (Wildman–Crippen LogP) is 15.2. The van der Waals surface area contributed by atoms with Crippen molar-refractivity contribution in [2.24, 2.45) is 0 Å². The van der Waals surface area contributed by atoms with Crippen LogP contribution < -0.4 is 0 Å². The van der Waals surface area contributed by atoms with Crippen LogP contribution in [0.5, 0.6) is 0 Å². The minimum atomic E-state index is 0.902. The second kappa shape index (κ2) is 9.77. The monoisotopic (exact) mass is 696 g/mol. The van der Waals surface area contributed by atoms with Crippen LogP contribution in [0.15, 0.2) is 154 Å². The summed E-state index contributed by atoms with van der Waals surface area (Å²) in [6, 6.07) is 53.4. The summed E-state index contributed by atoms with van der Waals surface area (Å²) in [6.07, 6.45) is 0. The van der Waals surface area contributed by atoms with Crippen molar-refractivity contribution in [1.29, 1.82) is 0 Å². The molecule has 4 heteroatoms. The van der Waals surface area contributed by atoms with Crippen molar-refractivity contribution >= 4 is 107 Å². The molecule has 12 aromatic rings. The Morgan fingerprint density at radius 3 is 1.19 bits per heavy atom. The van der Waals surface area contributed by atoms with E-state index in [-0.39, 0.29) is 0 Å². The molecule has 4 aromatic heterocycles. The Labute approximate surface area is 304 Å². The average molecular weight is 697 g/mol. The van der Waals surface area contributed by atoms with Crippen molar-refractivity contribution in [2.45, 2.75) is 0 Å². The van der Waals surface area contributed by atoms with E-state index < -0.39 is 0 Å². The van der Waals surface area contributed by atoms with Gasteiger partial charge in [-0.1, -0.05) is 84.9 Å². The van der Waals surface area contributed by atoms with E-state index >= 15 is 0 Å². The van der Waals surface area contributed by atoms with E-state index in [0.717, 1.165) is 43.9 Å². The maximum Gasteiger partial charge on any atom is 0.136 e. The summed E-state index contributed by atoms with van der Waals surface area (Å²) in [5.41, 5.74) is 13.4. The Balaban J connectivity index is 1.32. The van der Waals surface area contributed by atoms with Crippen LogP contribution in [0.2, 0.25) is 0 Å². The molecule has 52 heavy (non-hydrogen) atoms. The minimum absolute atomic E-state index is 0.902. The topological polar surface area (TPSA) is 26.3 Å². The first-order valence-corrected chi connectivity index (χ1v) is 19.2. The molecule has 0 N–H and O–H groups in total. The SMILES string of the molecule is c1ccc2c(c1)oc1cc3c(cc12)-c1cc2c(cc1-c1c(ccc4sc5ccccc5c14)-c1ccc4sc5ccccc5c4c1-3)oc1ccccc12. The molecule has 0 bridgehead atoms. The summed E-state index contributed by atoms with van der Waals surface area (Å²) in [4.78, 5) is 0. The summed E-state index contributed by atoms with van der Waals surface area (Å²) < 4.78 is 18.5. The fraction of sp³-hybridized carbons (Fsp3) is 0. The highest BCUT2D eigenvalue weighted by molar-refractivity contribution is 7.26. The summed E-state index contributed by atoms with van der Waals surface area (Å²) >= 11 is 3.74. The fourth-order valence-corrected chi connectivity index (χ4v) is 11.3. The Morgan fingerprint density at radius 1 is 0.288 bits per heavy atom. The normalized spacial score (nSPS) is 12.6. The molecule has 13 rings (SSSR count). The first-order chi connectivity index (χ1) is 25.8. The van der Waals surface area contributed by atoms with Gasteiger partial charge in [-0.25, -0.2) is 0 Å². The Kier molecular flexibility index (Phi) is 5.17. The van der Waals surface area contributed by atoms with Gasteiger partial charge in [0.15, 0.2) is 0 Å². The third kappa shape index (κ3) is 3.48. The van der Waals surface area contributed by atoms with Gasteiger partial charge in [0.2, 0.25) is 0 Å². The van der Waals surface area contributed by atoms with E-state index in [1.807, 2.05) is 22.7 Å². The van der Waals surface area contributed by atoms with Crippen molar-refractivity contribution in [3.05, 3.63) is 146 Å². The van der Waals surface area contributed by atoms with Crippen LogP contribution >= 0.6 is 22.7 Å². The first kappa shape index (κ1) is 27.5. The zero-order valence-corrected chi connectivity index (χ0v) is 29.1. The number of thiophene rings is 2. The first-order valence-electron chi connectivity index (χ1n) is 17.6. The van der Waals surface area contributed by atoms with E-state index in [4.69, 9.17) is 8.83 Å². The average Bonchev–Trinajstić information content (AvgIpc) is 3.95. The molecule has 0 aliphatic heterocycles. The maximum atomic E-state index is 6.64. The molecule has 0 unspecified atom stereocenters. The quantitative estimate of drug-likeness (QED) is 0.158. The van der Waals surface area contributed by atoms with Crippen LogP contribution in [0.1, 0.15) is 0 Å². The largest absolute Gasteiger partial charge is 0.456 e. The van der Waals surface area contributed by atoms with Gasteiger partial charge in [0.25, 0.3) is 0 Å². The van der Waals surface area contributed by atoms with Crippen molar-refractivity contribution in [3.63, 3.8) is 0 Å². The fourth-order valence-electron chi connectivity index (χ4n) is 9.04. The number of benzene rings is 8. The molecule has 0 fully saturated rings. The highest BCUT2D eigenvalue weighted by Crippen LogP contribution is 2.57. The lowest BCUT2D eigenvalue weighted by molar-refractivity contribution is 0.668. The third-order valence-electron chi connectivity index (χ3n) is 11.2. The number of hydrogen-bond donors (Lipinski definition) is 0. The van der Waals surface area contributed by atoms with Gasteiger partial charge in [-0.05, 0) is 105 Å². The van der Waals surface area contributed by atoms with Crippen LogP contribution in [-0.2, 0) is 0 Å². The molecule has 1 aliphatic rings. The van der Waals surface area contributed by atoms with Gasteiger partial charge in [0, 0.05) is 61.9 Å². The molecule has 2 nitrogen and oxygen atoms in total. The number of hydrogen-bond acceptors (Lipinski definition) is 4. The summed E-state index contributed by atoms with van der Waals surface area (Å²) in [5.74, 6) is 0. The van der Waals surface area contributed by atoms with Crippen LogP contribution in [0.4, 0.5) is 0 Å². The zero-order valence-electron chi connectivity index (χ0n) is 27.5. The summed E-state index contributed by atoms with van der Waals surface area (Å²) in [7, 11) is 0. The molecule has 0 saturated carbocycles. The lowest BCUT2D eigenvalue weighted by atomic mass is 9.78. The van der Waals surface area contributed by atoms with Crippen LogP contribution in [-0.4, -0.2) is 0 Å². The van der Waals surface area contributed by atoms with Gasteiger partial charge in [-0.2, -0.15) is 0 Å². The zero-order chi connectivity index (χ0) is 33.7. The second-order valence-electron chi connectivity index (χ2n) is 13.9. The Bertz CT molecular complexity index is 3300. The van der Waals surface area contributed by atoms with Crippen molar-refractivity contribution in [3.8, 4) is 44.5 Å². The standard InChI is InChI=1S/C48H24O2S2/c1-5-13-37-25(9-1)33-21-31-32-22-34-26-10-2-6-14-38(26)50-40(34)24-36(32)46-28(18-20-44-48(46)30-12-4-8-16-42(30)52-44)27-17-19-43-47(29-11-3-7-15-41(29)51-43)45(27)35(31)23-39(33)49-37/h1-24H. The van der Waals surface area contributed by atoms with E-state index in [2.05, 4.69) is 146 Å². The molecular formula is C48H24O2S2. The number of rotatable bonds is 0. The van der Waals surface area contributed by atoms with Gasteiger partial charge in [-0.15, -0.1) is 22.7 Å².